The van der Waals surface area contributed by atoms with Crippen molar-refractivity contribution in [1.29, 1.82) is 0 Å². The normalized spacial score (nSPS) is 13.0. The summed E-state index contributed by atoms with van der Waals surface area (Å²) in [5.74, 6) is 1.45. The molecule has 0 aliphatic carbocycles. The third-order valence-corrected chi connectivity index (χ3v) is 6.28. The summed E-state index contributed by atoms with van der Waals surface area (Å²) in [5.41, 5.74) is 1.68. The summed E-state index contributed by atoms with van der Waals surface area (Å²) in [6.07, 6.45) is 2.85. The molecule has 1 atom stereocenters. The van der Waals surface area contributed by atoms with E-state index in [1.165, 1.54) is 0 Å². The van der Waals surface area contributed by atoms with Crippen molar-refractivity contribution in [2.24, 2.45) is 5.92 Å². The summed E-state index contributed by atoms with van der Waals surface area (Å²) < 4.78 is 25.4. The van der Waals surface area contributed by atoms with Gasteiger partial charge in [-0.05, 0) is 43.7 Å². The number of H-pyrrole nitrogens is 1. The summed E-state index contributed by atoms with van der Waals surface area (Å²) in [4.78, 5) is 8.50. The number of aromatic nitrogens is 2. The average molecular weight is 384 g/mol. The number of benzene rings is 2. The van der Waals surface area contributed by atoms with Crippen molar-refractivity contribution in [3.63, 3.8) is 0 Å². The molecule has 1 heterocycles. The number of aromatic amines is 1. The topological polar surface area (TPSA) is 74.8 Å². The fraction of sp³-hybridized carbons (Fsp3) is 0.286. The summed E-state index contributed by atoms with van der Waals surface area (Å²) in [6.45, 7) is 4.36. The molecule has 142 valence electrons. The van der Waals surface area contributed by atoms with Gasteiger partial charge in [-0.1, -0.05) is 44.2 Å². The summed E-state index contributed by atoms with van der Waals surface area (Å²) in [6, 6.07) is 15.5. The molecule has 0 aliphatic heterocycles. The smallest absolute Gasteiger partial charge is 0.206 e. The molecule has 2 aromatic carbocycles. The Morgan fingerprint density at radius 2 is 1.63 bits per heavy atom. The highest BCUT2D eigenvalue weighted by Crippen LogP contribution is 2.26. The number of hydrogen-bond acceptors (Lipinski definition) is 4. The monoisotopic (exact) mass is 383 g/mol. The van der Waals surface area contributed by atoms with Crippen molar-refractivity contribution in [3.8, 4) is 11.3 Å². The highest BCUT2D eigenvalue weighted by Gasteiger charge is 2.18. The Morgan fingerprint density at radius 3 is 2.22 bits per heavy atom. The lowest BCUT2D eigenvalue weighted by atomic mass is 10.0. The minimum Gasteiger partial charge on any atom is -0.347 e. The number of rotatable bonds is 7. The SMILES string of the molecule is CN[C@@H](CC(C)C)c1nc(-c2ccc(S(=O)(=O)c3ccccc3)cc2)c[nH]1. The van der Waals surface area contributed by atoms with E-state index in [-0.39, 0.29) is 10.9 Å². The number of hydrogen-bond donors (Lipinski definition) is 2. The van der Waals surface area contributed by atoms with E-state index in [0.29, 0.717) is 10.8 Å². The van der Waals surface area contributed by atoms with E-state index in [4.69, 9.17) is 0 Å². The van der Waals surface area contributed by atoms with Crippen LogP contribution in [0.15, 0.2) is 70.6 Å². The molecule has 0 unspecified atom stereocenters. The third-order valence-electron chi connectivity index (χ3n) is 4.50. The van der Waals surface area contributed by atoms with E-state index < -0.39 is 9.84 Å². The average Bonchev–Trinajstić information content (AvgIpc) is 3.17. The maximum atomic E-state index is 12.7. The molecule has 0 saturated heterocycles. The molecule has 27 heavy (non-hydrogen) atoms. The summed E-state index contributed by atoms with van der Waals surface area (Å²) >= 11 is 0. The van der Waals surface area contributed by atoms with Gasteiger partial charge in [-0.3, -0.25) is 0 Å². The van der Waals surface area contributed by atoms with Crippen LogP contribution in [0.25, 0.3) is 11.3 Å². The van der Waals surface area contributed by atoms with Crippen LogP contribution in [0.1, 0.15) is 32.1 Å². The molecule has 3 aromatic rings. The van der Waals surface area contributed by atoms with E-state index in [1.54, 1.807) is 54.6 Å². The summed E-state index contributed by atoms with van der Waals surface area (Å²) in [5, 5.41) is 3.29. The van der Waals surface area contributed by atoms with Gasteiger partial charge in [-0.2, -0.15) is 0 Å². The van der Waals surface area contributed by atoms with Gasteiger partial charge in [0.25, 0.3) is 0 Å². The maximum absolute atomic E-state index is 12.7. The Balaban J connectivity index is 1.84. The van der Waals surface area contributed by atoms with Crippen LogP contribution in [0, 0.1) is 5.92 Å². The standard InChI is InChI=1S/C21H25N3O2S/c1-15(2)13-19(22-3)21-23-14-20(24-21)16-9-11-18(12-10-16)27(25,26)17-7-5-4-6-8-17/h4-12,14-15,19,22H,13H2,1-3H3,(H,23,24)/t19-/m0/s1. The Morgan fingerprint density at radius 1 is 1.00 bits per heavy atom. The Kier molecular flexibility index (Phi) is 5.77. The van der Waals surface area contributed by atoms with Crippen LogP contribution in [0.2, 0.25) is 0 Å². The van der Waals surface area contributed by atoms with E-state index in [2.05, 4.69) is 29.1 Å². The molecule has 0 radical (unpaired) electrons. The van der Waals surface area contributed by atoms with Gasteiger partial charge < -0.3 is 10.3 Å². The predicted molar refractivity (Wildman–Crippen MR) is 107 cm³/mol. The first-order chi connectivity index (χ1) is 12.9. The van der Waals surface area contributed by atoms with E-state index in [1.807, 2.05) is 13.2 Å². The first-order valence-corrected chi connectivity index (χ1v) is 10.5. The molecule has 6 heteroatoms. The second-order valence-electron chi connectivity index (χ2n) is 6.98. The van der Waals surface area contributed by atoms with E-state index in [0.717, 1.165) is 23.5 Å². The fourth-order valence-corrected chi connectivity index (χ4v) is 4.32. The second kappa shape index (κ2) is 8.06. The molecule has 0 spiro atoms. The van der Waals surface area contributed by atoms with Gasteiger partial charge >= 0.3 is 0 Å². The molecule has 0 fully saturated rings. The maximum Gasteiger partial charge on any atom is 0.206 e. The molecule has 1 aromatic heterocycles. The van der Waals surface area contributed by atoms with Gasteiger partial charge in [-0.15, -0.1) is 0 Å². The second-order valence-corrected chi connectivity index (χ2v) is 8.93. The third kappa shape index (κ3) is 4.28. The number of nitrogens with one attached hydrogen (secondary N) is 2. The van der Waals surface area contributed by atoms with Crippen LogP contribution in [0.3, 0.4) is 0 Å². The lowest BCUT2D eigenvalue weighted by Crippen LogP contribution is -2.19. The van der Waals surface area contributed by atoms with Crippen molar-refractivity contribution < 1.29 is 8.42 Å². The van der Waals surface area contributed by atoms with Gasteiger partial charge in [-0.25, -0.2) is 13.4 Å². The number of nitrogens with zero attached hydrogens (tertiary/aromatic N) is 1. The number of imidazole rings is 1. The minimum atomic E-state index is -3.50. The van der Waals surface area contributed by atoms with Crippen LogP contribution in [-0.4, -0.2) is 25.4 Å². The van der Waals surface area contributed by atoms with Gasteiger partial charge in [0, 0.05) is 11.8 Å². The van der Waals surface area contributed by atoms with Crippen molar-refractivity contribution in [2.75, 3.05) is 7.05 Å². The first kappa shape index (κ1) is 19.3. The molecular formula is C21H25N3O2S. The van der Waals surface area contributed by atoms with Gasteiger partial charge in [0.1, 0.15) is 5.82 Å². The zero-order valence-electron chi connectivity index (χ0n) is 15.8. The molecule has 0 amide bonds. The zero-order chi connectivity index (χ0) is 19.4. The Bertz CT molecular complexity index is 978. The van der Waals surface area contributed by atoms with Crippen molar-refractivity contribution in [1.82, 2.24) is 15.3 Å². The summed E-state index contributed by atoms with van der Waals surface area (Å²) in [7, 11) is -1.57. The number of sulfone groups is 1. The lowest BCUT2D eigenvalue weighted by molar-refractivity contribution is 0.442. The molecular weight excluding hydrogens is 358 g/mol. The Labute approximate surface area is 160 Å². The van der Waals surface area contributed by atoms with Gasteiger partial charge in [0.2, 0.25) is 9.84 Å². The fourth-order valence-electron chi connectivity index (χ4n) is 3.04. The van der Waals surface area contributed by atoms with E-state index in [9.17, 15) is 8.42 Å². The minimum absolute atomic E-state index is 0.163. The zero-order valence-corrected chi connectivity index (χ0v) is 16.6. The highest BCUT2D eigenvalue weighted by molar-refractivity contribution is 7.91. The largest absolute Gasteiger partial charge is 0.347 e. The quantitative estimate of drug-likeness (QED) is 0.641. The van der Waals surface area contributed by atoms with Crippen LogP contribution >= 0.6 is 0 Å². The molecule has 2 N–H and O–H groups in total. The highest BCUT2D eigenvalue weighted by atomic mass is 32.2. The molecule has 0 aliphatic rings. The van der Waals surface area contributed by atoms with Crippen molar-refractivity contribution in [3.05, 3.63) is 66.6 Å². The molecule has 3 rings (SSSR count). The molecule has 5 nitrogen and oxygen atoms in total. The van der Waals surface area contributed by atoms with E-state index >= 15 is 0 Å². The van der Waals surface area contributed by atoms with Crippen molar-refractivity contribution in [2.45, 2.75) is 36.1 Å². The molecule has 0 saturated carbocycles. The first-order valence-electron chi connectivity index (χ1n) is 9.05. The van der Waals surface area contributed by atoms with Crippen LogP contribution in [0.5, 0.6) is 0 Å². The van der Waals surface area contributed by atoms with Crippen LogP contribution < -0.4 is 5.32 Å². The van der Waals surface area contributed by atoms with Crippen LogP contribution in [-0.2, 0) is 9.84 Å². The lowest BCUT2D eigenvalue weighted by Gasteiger charge is -2.15. The van der Waals surface area contributed by atoms with Crippen molar-refractivity contribution >= 4 is 9.84 Å². The molecule has 0 bridgehead atoms. The Hall–Kier alpha value is -2.44. The van der Waals surface area contributed by atoms with Crippen LogP contribution in [0.4, 0.5) is 0 Å². The van der Waals surface area contributed by atoms with Gasteiger partial charge in [0.05, 0.1) is 21.5 Å². The van der Waals surface area contributed by atoms with Gasteiger partial charge in [0.15, 0.2) is 0 Å². The predicted octanol–water partition coefficient (Wildman–Crippen LogP) is 4.22.